The number of thiophene rings is 1. The van der Waals surface area contributed by atoms with Gasteiger partial charge >= 0.3 is 0 Å². The standard InChI is InChI=1S/C26H38O10S/c1-2-4-24-23(3-1)33-17-13-29-9-5-27-7-11-31-15-19-35-25-21-37-22-26(25)36-20-16-32-12-8-28-6-10-30-14-18-34-24/h1-4,21-22H,5-20H2. The van der Waals surface area contributed by atoms with Crippen LogP contribution in [0.5, 0.6) is 23.0 Å². The minimum Gasteiger partial charge on any atom is -0.487 e. The van der Waals surface area contributed by atoms with Crippen LogP contribution in [0.25, 0.3) is 0 Å². The average molecular weight is 543 g/mol. The second kappa shape index (κ2) is 19.9. The molecule has 2 aromatic rings. The maximum atomic E-state index is 5.80. The number of rotatable bonds is 0. The number of para-hydroxylation sites is 2. The second-order valence-corrected chi connectivity index (χ2v) is 8.36. The molecule has 1 aliphatic rings. The van der Waals surface area contributed by atoms with Crippen LogP contribution in [0.15, 0.2) is 35.0 Å². The zero-order valence-electron chi connectivity index (χ0n) is 21.3. The van der Waals surface area contributed by atoms with Gasteiger partial charge in [0.25, 0.3) is 0 Å². The molecule has 0 bridgehead atoms. The van der Waals surface area contributed by atoms with Crippen LogP contribution in [0.1, 0.15) is 0 Å². The fourth-order valence-electron chi connectivity index (χ4n) is 3.10. The van der Waals surface area contributed by atoms with Gasteiger partial charge in [0.2, 0.25) is 0 Å². The Morgan fingerprint density at radius 1 is 0.351 bits per heavy atom. The fourth-order valence-corrected chi connectivity index (χ4v) is 3.78. The third kappa shape index (κ3) is 13.3. The first-order chi connectivity index (χ1) is 18.4. The summed E-state index contributed by atoms with van der Waals surface area (Å²) >= 11 is 1.52. The highest BCUT2D eigenvalue weighted by atomic mass is 32.1. The van der Waals surface area contributed by atoms with Crippen LogP contribution < -0.4 is 18.9 Å². The van der Waals surface area contributed by atoms with Crippen molar-refractivity contribution in [1.82, 2.24) is 0 Å². The molecule has 0 radical (unpaired) electrons. The molecular formula is C26H38O10S. The van der Waals surface area contributed by atoms with E-state index in [1.807, 2.05) is 35.0 Å². The Balaban J connectivity index is 1.35. The van der Waals surface area contributed by atoms with Gasteiger partial charge in [-0.05, 0) is 12.1 Å². The number of ether oxygens (including phenoxy) is 10. The smallest absolute Gasteiger partial charge is 0.171 e. The van der Waals surface area contributed by atoms with Gasteiger partial charge in [0, 0.05) is 10.8 Å². The van der Waals surface area contributed by atoms with Gasteiger partial charge in [-0.15, -0.1) is 11.3 Å². The Morgan fingerprint density at radius 2 is 0.622 bits per heavy atom. The highest BCUT2D eigenvalue weighted by Crippen LogP contribution is 2.31. The molecule has 1 aliphatic heterocycles. The van der Waals surface area contributed by atoms with Gasteiger partial charge in [0.15, 0.2) is 23.0 Å². The lowest BCUT2D eigenvalue weighted by atomic mass is 10.3. The predicted molar refractivity (Wildman–Crippen MR) is 138 cm³/mol. The van der Waals surface area contributed by atoms with Crippen LogP contribution in [0.4, 0.5) is 0 Å². The molecule has 0 saturated heterocycles. The molecule has 3 rings (SSSR count). The normalized spacial score (nSPS) is 19.5. The summed E-state index contributed by atoms with van der Waals surface area (Å²) in [6.07, 6.45) is 0. The summed E-state index contributed by atoms with van der Waals surface area (Å²) in [6, 6.07) is 7.55. The Hall–Kier alpha value is -2.12. The van der Waals surface area contributed by atoms with Crippen LogP contribution in [-0.2, 0) is 28.4 Å². The maximum Gasteiger partial charge on any atom is 0.171 e. The van der Waals surface area contributed by atoms with Crippen LogP contribution in [0.3, 0.4) is 0 Å². The summed E-state index contributed by atoms with van der Waals surface area (Å²) in [5.41, 5.74) is 0. The van der Waals surface area contributed by atoms with Crippen molar-refractivity contribution >= 4 is 11.3 Å². The van der Waals surface area contributed by atoms with Crippen LogP contribution >= 0.6 is 11.3 Å². The zero-order valence-corrected chi connectivity index (χ0v) is 22.1. The van der Waals surface area contributed by atoms with Gasteiger partial charge < -0.3 is 47.4 Å². The summed E-state index contributed by atoms with van der Waals surface area (Å²) < 4.78 is 56.4. The van der Waals surface area contributed by atoms with Crippen molar-refractivity contribution in [2.24, 2.45) is 0 Å². The summed E-state index contributed by atoms with van der Waals surface area (Å²) in [6.45, 7) is 7.44. The SMILES string of the molecule is c1ccc2c(c1)OCCOCCOCCOCCOc1cscc1OCCOCCOCCOCCO2. The molecule has 1 aromatic heterocycles. The van der Waals surface area contributed by atoms with Gasteiger partial charge in [0.05, 0.1) is 79.3 Å². The first-order valence-electron chi connectivity index (χ1n) is 12.6. The Labute approximate surface area is 222 Å². The Bertz CT molecular complexity index is 755. The van der Waals surface area contributed by atoms with E-state index in [0.717, 1.165) is 0 Å². The molecule has 0 aliphatic carbocycles. The van der Waals surface area contributed by atoms with Crippen molar-refractivity contribution < 1.29 is 47.4 Å². The maximum absolute atomic E-state index is 5.80. The molecule has 0 unspecified atom stereocenters. The number of benzene rings is 1. The van der Waals surface area contributed by atoms with E-state index in [0.29, 0.717) is 129 Å². The molecule has 0 amide bonds. The zero-order chi connectivity index (χ0) is 25.6. The summed E-state index contributed by atoms with van der Waals surface area (Å²) in [4.78, 5) is 0. The van der Waals surface area contributed by atoms with Crippen LogP contribution in [0, 0.1) is 0 Å². The van der Waals surface area contributed by atoms with Gasteiger partial charge in [-0.3, -0.25) is 0 Å². The Morgan fingerprint density at radius 3 is 0.946 bits per heavy atom. The van der Waals surface area contributed by atoms with Gasteiger partial charge in [0.1, 0.15) is 26.4 Å². The number of hydrogen-bond acceptors (Lipinski definition) is 11. The summed E-state index contributed by atoms with van der Waals surface area (Å²) in [5.74, 6) is 2.77. The first kappa shape index (κ1) is 29.4. The molecule has 0 atom stereocenters. The highest BCUT2D eigenvalue weighted by molar-refractivity contribution is 7.08. The minimum absolute atomic E-state index is 0.415. The largest absolute Gasteiger partial charge is 0.487 e. The number of hydrogen-bond donors (Lipinski definition) is 0. The van der Waals surface area contributed by atoms with Gasteiger partial charge in [-0.2, -0.15) is 0 Å². The predicted octanol–water partition coefficient (Wildman–Crippen LogP) is 3.08. The van der Waals surface area contributed by atoms with E-state index >= 15 is 0 Å². The van der Waals surface area contributed by atoms with Crippen molar-refractivity contribution in [3.8, 4) is 23.0 Å². The molecule has 0 saturated carbocycles. The third-order valence-corrected chi connectivity index (χ3v) is 5.57. The van der Waals surface area contributed by atoms with E-state index in [-0.39, 0.29) is 0 Å². The van der Waals surface area contributed by atoms with Crippen molar-refractivity contribution in [1.29, 1.82) is 0 Å². The van der Waals surface area contributed by atoms with E-state index in [1.54, 1.807) is 0 Å². The van der Waals surface area contributed by atoms with Gasteiger partial charge in [-0.25, -0.2) is 0 Å². The topological polar surface area (TPSA) is 92.3 Å². The Kier molecular flexibility index (Phi) is 15.8. The van der Waals surface area contributed by atoms with Crippen molar-refractivity contribution in [2.75, 3.05) is 106 Å². The molecule has 2 heterocycles. The molecule has 11 heteroatoms. The molecule has 0 N–H and O–H groups in total. The third-order valence-electron chi connectivity index (χ3n) is 4.87. The lowest BCUT2D eigenvalue weighted by Crippen LogP contribution is -2.15. The summed E-state index contributed by atoms with van der Waals surface area (Å²) in [5, 5.41) is 3.82. The van der Waals surface area contributed by atoms with Crippen LogP contribution in [-0.4, -0.2) is 106 Å². The average Bonchev–Trinajstić information content (AvgIpc) is 3.36. The molecule has 208 valence electrons. The van der Waals surface area contributed by atoms with Crippen LogP contribution in [0.2, 0.25) is 0 Å². The van der Waals surface area contributed by atoms with Crippen molar-refractivity contribution in [3.05, 3.63) is 35.0 Å². The fraction of sp³-hybridized carbons (Fsp3) is 0.615. The molecule has 10 nitrogen and oxygen atoms in total. The van der Waals surface area contributed by atoms with E-state index in [2.05, 4.69) is 0 Å². The van der Waals surface area contributed by atoms with Crippen molar-refractivity contribution in [2.45, 2.75) is 0 Å². The molecule has 0 fully saturated rings. The second-order valence-electron chi connectivity index (χ2n) is 7.62. The van der Waals surface area contributed by atoms with Crippen molar-refractivity contribution in [3.63, 3.8) is 0 Å². The lowest BCUT2D eigenvalue weighted by Gasteiger charge is -2.13. The monoisotopic (exact) mass is 542 g/mol. The van der Waals surface area contributed by atoms with E-state index < -0.39 is 0 Å². The van der Waals surface area contributed by atoms with Gasteiger partial charge in [-0.1, -0.05) is 12.1 Å². The lowest BCUT2D eigenvalue weighted by molar-refractivity contribution is 0.00253. The molecule has 37 heavy (non-hydrogen) atoms. The van der Waals surface area contributed by atoms with E-state index in [9.17, 15) is 0 Å². The molecule has 1 aromatic carbocycles. The van der Waals surface area contributed by atoms with E-state index in [4.69, 9.17) is 47.4 Å². The number of fused-ring (bicyclic) bond motifs is 2. The summed E-state index contributed by atoms with van der Waals surface area (Å²) in [7, 11) is 0. The first-order valence-corrected chi connectivity index (χ1v) is 13.5. The minimum atomic E-state index is 0.415. The molecule has 0 spiro atoms. The molecular weight excluding hydrogens is 504 g/mol. The quantitative estimate of drug-likeness (QED) is 0.495. The van der Waals surface area contributed by atoms with E-state index in [1.165, 1.54) is 11.3 Å². The highest BCUT2D eigenvalue weighted by Gasteiger charge is 2.07.